The second kappa shape index (κ2) is 36.0. The summed E-state index contributed by atoms with van der Waals surface area (Å²) < 4.78 is 12.1. The van der Waals surface area contributed by atoms with Crippen molar-refractivity contribution in [2.45, 2.75) is 200 Å². The van der Waals surface area contributed by atoms with Gasteiger partial charge in [0, 0.05) is 27.3 Å². The molecule has 1 unspecified atom stereocenters. The summed E-state index contributed by atoms with van der Waals surface area (Å²) in [6.45, 7) is 7.47. The van der Waals surface area contributed by atoms with Crippen LogP contribution in [-0.2, 0) is 14.3 Å². The van der Waals surface area contributed by atoms with Gasteiger partial charge in [-0.25, -0.2) is 0 Å². The zero-order valence-electron chi connectivity index (χ0n) is 28.9. The maximum atomic E-state index is 6.15. The monoisotopic (exact) mass is 584 g/mol. The van der Waals surface area contributed by atoms with E-state index in [4.69, 9.17) is 14.3 Å². The molecule has 0 aromatic heterocycles. The molecule has 248 valence electrons. The molecule has 0 radical (unpaired) electrons. The maximum absolute atomic E-state index is 6.15. The molecule has 0 spiro atoms. The molecule has 0 bridgehead atoms. The Hall–Kier alpha value is -0.160. The summed E-state index contributed by atoms with van der Waals surface area (Å²) in [4.78, 5) is 5.69. The van der Waals surface area contributed by atoms with Gasteiger partial charge in [0.1, 0.15) is 6.10 Å². The zero-order valence-corrected chi connectivity index (χ0v) is 28.9. The molecule has 0 saturated carbocycles. The van der Waals surface area contributed by atoms with Gasteiger partial charge in [0.05, 0.1) is 13.2 Å². The van der Waals surface area contributed by atoms with Crippen LogP contribution >= 0.6 is 0 Å². The quantitative estimate of drug-likeness (QED) is 0.0542. The number of hydrogen-bond acceptors (Lipinski definition) is 4. The number of nitrogens with zero attached hydrogens (tertiary/aromatic N) is 1. The second-order valence-corrected chi connectivity index (χ2v) is 12.9. The molecule has 0 aliphatic rings. The predicted octanol–water partition coefficient (Wildman–Crippen LogP) is 11.8. The summed E-state index contributed by atoms with van der Waals surface area (Å²) in [6.07, 6.45) is 38.9. The molecule has 0 amide bonds. The van der Waals surface area contributed by atoms with Gasteiger partial charge >= 0.3 is 0 Å². The van der Waals surface area contributed by atoms with Gasteiger partial charge in [0.25, 0.3) is 0 Å². The van der Waals surface area contributed by atoms with Crippen LogP contribution in [0.2, 0.25) is 0 Å². The second-order valence-electron chi connectivity index (χ2n) is 12.9. The molecule has 0 N–H and O–H groups in total. The summed E-state index contributed by atoms with van der Waals surface area (Å²) in [7, 11) is 3.86. The van der Waals surface area contributed by atoms with Gasteiger partial charge in [-0.2, -0.15) is 5.06 Å². The molecule has 0 aromatic rings. The van der Waals surface area contributed by atoms with Crippen molar-refractivity contribution < 1.29 is 14.3 Å². The van der Waals surface area contributed by atoms with E-state index >= 15 is 0 Å². The van der Waals surface area contributed by atoms with Crippen molar-refractivity contribution in [3.8, 4) is 0 Å². The Morgan fingerprint density at radius 2 is 0.707 bits per heavy atom. The molecule has 0 fully saturated rings. The van der Waals surface area contributed by atoms with Crippen LogP contribution in [0.4, 0.5) is 0 Å². The number of ether oxygens (including phenoxy) is 2. The van der Waals surface area contributed by atoms with E-state index in [0.29, 0.717) is 13.2 Å². The Morgan fingerprint density at radius 1 is 0.390 bits per heavy atom. The molecule has 0 aromatic carbocycles. The first-order valence-corrected chi connectivity index (χ1v) is 18.7. The lowest BCUT2D eigenvalue weighted by Gasteiger charge is -2.20. The Balaban J connectivity index is 3.54. The minimum atomic E-state index is 0.0333. The highest BCUT2D eigenvalue weighted by molar-refractivity contribution is 4.57. The smallest absolute Gasteiger partial charge is 0.106 e. The van der Waals surface area contributed by atoms with Crippen molar-refractivity contribution in [3.63, 3.8) is 0 Å². The lowest BCUT2D eigenvalue weighted by molar-refractivity contribution is -0.164. The average molecular weight is 584 g/mol. The highest BCUT2D eigenvalue weighted by atomic mass is 16.7. The molecular weight excluding hydrogens is 506 g/mol. The molecule has 4 nitrogen and oxygen atoms in total. The van der Waals surface area contributed by atoms with E-state index in [2.05, 4.69) is 13.8 Å². The number of hydroxylamine groups is 2. The van der Waals surface area contributed by atoms with Crippen LogP contribution in [0, 0.1) is 0 Å². The molecule has 0 heterocycles. The topological polar surface area (TPSA) is 30.9 Å². The van der Waals surface area contributed by atoms with Crippen LogP contribution in [0.15, 0.2) is 0 Å². The summed E-state index contributed by atoms with van der Waals surface area (Å²) in [5.41, 5.74) is 0. The number of hydrogen-bond donors (Lipinski definition) is 0. The minimum absolute atomic E-state index is 0.0333. The van der Waals surface area contributed by atoms with Crippen molar-refractivity contribution >= 4 is 0 Å². The molecule has 41 heavy (non-hydrogen) atoms. The molecular formula is C37H77NO3. The number of rotatable bonds is 36. The van der Waals surface area contributed by atoms with E-state index in [1.54, 1.807) is 5.06 Å². The van der Waals surface area contributed by atoms with E-state index in [0.717, 1.165) is 26.1 Å². The third kappa shape index (κ3) is 35.9. The van der Waals surface area contributed by atoms with E-state index in [1.807, 2.05) is 14.1 Å². The normalized spacial score (nSPS) is 12.5. The predicted molar refractivity (Wildman–Crippen MR) is 181 cm³/mol. The van der Waals surface area contributed by atoms with E-state index in [9.17, 15) is 0 Å². The first kappa shape index (κ1) is 40.8. The number of unbranched alkanes of at least 4 members (excludes halogenated alkanes) is 26. The maximum Gasteiger partial charge on any atom is 0.106 e. The molecule has 0 aliphatic carbocycles. The van der Waals surface area contributed by atoms with Crippen LogP contribution < -0.4 is 0 Å². The van der Waals surface area contributed by atoms with Gasteiger partial charge in [-0.15, -0.1) is 0 Å². The lowest BCUT2D eigenvalue weighted by atomic mass is 10.0. The minimum Gasteiger partial charge on any atom is -0.379 e. The van der Waals surface area contributed by atoms with Crippen LogP contribution in [-0.4, -0.2) is 51.7 Å². The van der Waals surface area contributed by atoms with Crippen molar-refractivity contribution in [1.29, 1.82) is 0 Å². The molecule has 0 saturated heterocycles. The van der Waals surface area contributed by atoms with Crippen LogP contribution in [0.1, 0.15) is 194 Å². The highest BCUT2D eigenvalue weighted by Crippen LogP contribution is 2.14. The molecule has 1 atom stereocenters. The van der Waals surface area contributed by atoms with Crippen LogP contribution in [0.25, 0.3) is 0 Å². The summed E-state index contributed by atoms with van der Waals surface area (Å²) in [5.74, 6) is 0. The first-order valence-electron chi connectivity index (χ1n) is 18.7. The van der Waals surface area contributed by atoms with Gasteiger partial charge < -0.3 is 9.47 Å². The first-order chi connectivity index (χ1) is 20.2. The molecule has 0 aliphatic heterocycles. The Labute approximate surface area is 259 Å². The van der Waals surface area contributed by atoms with E-state index < -0.39 is 0 Å². The van der Waals surface area contributed by atoms with Gasteiger partial charge in [0.15, 0.2) is 0 Å². The average Bonchev–Trinajstić information content (AvgIpc) is 2.97. The SMILES string of the molecule is CCCCCCCCCCCCCCCCOCC(CON(C)C)OCCCCCCCCCCCCCCCC. The van der Waals surface area contributed by atoms with Crippen molar-refractivity contribution in [3.05, 3.63) is 0 Å². The van der Waals surface area contributed by atoms with Crippen molar-refractivity contribution in [2.75, 3.05) is 40.5 Å². The van der Waals surface area contributed by atoms with Crippen LogP contribution in [0.3, 0.4) is 0 Å². The standard InChI is InChI=1S/C37H77NO3/c1-5-7-9-11-13-15-17-19-21-23-25-27-29-31-33-39-35-37(36-41-38(3)4)40-34-32-30-28-26-24-22-20-18-16-14-12-10-8-6-2/h37H,5-36H2,1-4H3. The van der Waals surface area contributed by atoms with E-state index in [1.165, 1.54) is 167 Å². The Bertz CT molecular complexity index is 459. The van der Waals surface area contributed by atoms with Gasteiger partial charge in [-0.05, 0) is 12.8 Å². The fourth-order valence-corrected chi connectivity index (χ4v) is 5.54. The highest BCUT2D eigenvalue weighted by Gasteiger charge is 2.11. The lowest BCUT2D eigenvalue weighted by Crippen LogP contribution is -2.29. The summed E-state index contributed by atoms with van der Waals surface area (Å²) in [6, 6.07) is 0. The van der Waals surface area contributed by atoms with Gasteiger partial charge in [-0.3, -0.25) is 4.84 Å². The molecule has 4 heteroatoms. The largest absolute Gasteiger partial charge is 0.379 e. The van der Waals surface area contributed by atoms with Crippen molar-refractivity contribution in [2.24, 2.45) is 0 Å². The summed E-state index contributed by atoms with van der Waals surface area (Å²) in [5, 5.41) is 1.76. The Kier molecular flexibility index (Phi) is 35.9. The van der Waals surface area contributed by atoms with E-state index in [-0.39, 0.29) is 6.10 Å². The van der Waals surface area contributed by atoms with Gasteiger partial charge in [0.2, 0.25) is 0 Å². The fraction of sp³-hybridized carbons (Fsp3) is 1.00. The summed E-state index contributed by atoms with van der Waals surface area (Å²) >= 11 is 0. The van der Waals surface area contributed by atoms with Crippen LogP contribution in [0.5, 0.6) is 0 Å². The third-order valence-corrected chi connectivity index (χ3v) is 8.32. The van der Waals surface area contributed by atoms with Crippen molar-refractivity contribution in [1.82, 2.24) is 5.06 Å². The third-order valence-electron chi connectivity index (χ3n) is 8.32. The fourth-order valence-electron chi connectivity index (χ4n) is 5.54. The Morgan fingerprint density at radius 3 is 1.05 bits per heavy atom. The zero-order chi connectivity index (χ0) is 29.9. The molecule has 0 rings (SSSR count). The van der Waals surface area contributed by atoms with Gasteiger partial charge in [-0.1, -0.05) is 181 Å².